The number of hydrogen-bond donors (Lipinski definition) is 1. The van der Waals surface area contributed by atoms with Crippen molar-refractivity contribution < 1.29 is 4.79 Å². The van der Waals surface area contributed by atoms with Gasteiger partial charge in [0.1, 0.15) is 0 Å². The first-order chi connectivity index (χ1) is 9.16. The number of benzene rings is 1. The van der Waals surface area contributed by atoms with Crippen molar-refractivity contribution >= 4 is 5.91 Å². The Bertz CT molecular complexity index is 404. The second kappa shape index (κ2) is 6.71. The maximum atomic E-state index is 12.4. The van der Waals surface area contributed by atoms with Crippen molar-refractivity contribution in [2.45, 2.75) is 38.6 Å². The zero-order valence-corrected chi connectivity index (χ0v) is 11.7. The van der Waals surface area contributed by atoms with Gasteiger partial charge in [-0.05, 0) is 37.2 Å². The van der Waals surface area contributed by atoms with Crippen LogP contribution in [0.5, 0.6) is 0 Å². The monoisotopic (exact) mass is 260 g/mol. The minimum absolute atomic E-state index is 0.109. The van der Waals surface area contributed by atoms with Gasteiger partial charge in [-0.2, -0.15) is 0 Å². The van der Waals surface area contributed by atoms with Gasteiger partial charge in [0.15, 0.2) is 0 Å². The topological polar surface area (TPSA) is 46.3 Å². The number of carbonyl (C=O) groups is 1. The van der Waals surface area contributed by atoms with Crippen molar-refractivity contribution in [1.82, 2.24) is 4.90 Å². The molecule has 1 aliphatic rings. The molecule has 3 nitrogen and oxygen atoms in total. The number of amides is 1. The summed E-state index contributed by atoms with van der Waals surface area (Å²) in [5.41, 5.74) is 7.21. The Balaban J connectivity index is 1.91. The molecule has 2 N–H and O–H groups in total. The fourth-order valence-corrected chi connectivity index (χ4v) is 2.67. The molecule has 0 aromatic heterocycles. The van der Waals surface area contributed by atoms with Crippen LogP contribution < -0.4 is 5.73 Å². The lowest BCUT2D eigenvalue weighted by atomic mass is 10.0. The Morgan fingerprint density at radius 3 is 2.79 bits per heavy atom. The zero-order chi connectivity index (χ0) is 13.7. The smallest absolute Gasteiger partial charge is 0.239 e. The molecule has 0 radical (unpaired) electrons. The van der Waals surface area contributed by atoms with Crippen LogP contribution in [-0.4, -0.2) is 29.9 Å². The van der Waals surface area contributed by atoms with E-state index in [0.29, 0.717) is 6.42 Å². The standard InChI is InChI=1S/C16H24N2O/c1-13-6-5-10-18(11-9-13)16(19)15(17)12-14-7-3-2-4-8-14/h2-4,7-8,13,15H,5-6,9-12,17H2,1H3. The number of carbonyl (C=O) groups excluding carboxylic acids is 1. The SMILES string of the molecule is CC1CCCN(C(=O)C(N)Cc2ccccc2)CC1. The van der Waals surface area contributed by atoms with Crippen LogP contribution in [0.15, 0.2) is 30.3 Å². The van der Waals surface area contributed by atoms with Gasteiger partial charge < -0.3 is 10.6 Å². The third-order valence-corrected chi connectivity index (χ3v) is 3.94. The molecule has 1 fully saturated rings. The fraction of sp³-hybridized carbons (Fsp3) is 0.562. The van der Waals surface area contributed by atoms with Gasteiger partial charge in [0.25, 0.3) is 0 Å². The van der Waals surface area contributed by atoms with Crippen molar-refractivity contribution in [3.63, 3.8) is 0 Å². The van der Waals surface area contributed by atoms with Crippen molar-refractivity contribution in [3.8, 4) is 0 Å². The molecule has 0 bridgehead atoms. The maximum Gasteiger partial charge on any atom is 0.239 e. The van der Waals surface area contributed by atoms with Crippen LogP contribution >= 0.6 is 0 Å². The van der Waals surface area contributed by atoms with Gasteiger partial charge in [0.2, 0.25) is 5.91 Å². The Kier molecular flexibility index (Phi) is 4.97. The number of likely N-dealkylation sites (tertiary alicyclic amines) is 1. The average Bonchev–Trinajstić information content (AvgIpc) is 2.64. The van der Waals surface area contributed by atoms with Gasteiger partial charge in [-0.15, -0.1) is 0 Å². The van der Waals surface area contributed by atoms with Crippen LogP contribution in [0.2, 0.25) is 0 Å². The molecular formula is C16H24N2O. The first kappa shape index (κ1) is 14.1. The molecule has 19 heavy (non-hydrogen) atoms. The molecule has 2 rings (SSSR count). The van der Waals surface area contributed by atoms with Crippen molar-refractivity contribution in [2.75, 3.05) is 13.1 Å². The molecule has 1 aromatic rings. The number of nitrogens with zero attached hydrogens (tertiary/aromatic N) is 1. The molecular weight excluding hydrogens is 236 g/mol. The first-order valence-electron chi connectivity index (χ1n) is 7.25. The van der Waals surface area contributed by atoms with Crippen molar-refractivity contribution in [1.29, 1.82) is 0 Å². The minimum Gasteiger partial charge on any atom is -0.341 e. The Morgan fingerprint density at radius 1 is 1.32 bits per heavy atom. The summed E-state index contributed by atoms with van der Waals surface area (Å²) >= 11 is 0. The van der Waals surface area contributed by atoms with Gasteiger partial charge in [-0.3, -0.25) is 4.79 Å². The van der Waals surface area contributed by atoms with Crippen LogP contribution in [0.25, 0.3) is 0 Å². The molecule has 3 heteroatoms. The molecule has 1 amide bonds. The zero-order valence-electron chi connectivity index (χ0n) is 11.7. The lowest BCUT2D eigenvalue weighted by Crippen LogP contribution is -2.45. The first-order valence-corrected chi connectivity index (χ1v) is 7.25. The van der Waals surface area contributed by atoms with Crippen LogP contribution in [0.3, 0.4) is 0 Å². The molecule has 1 heterocycles. The van der Waals surface area contributed by atoms with Crippen molar-refractivity contribution in [2.24, 2.45) is 11.7 Å². The van der Waals surface area contributed by atoms with Crippen LogP contribution in [0.4, 0.5) is 0 Å². The van der Waals surface area contributed by atoms with Gasteiger partial charge in [-0.25, -0.2) is 0 Å². The van der Waals surface area contributed by atoms with Crippen LogP contribution in [0.1, 0.15) is 31.7 Å². The predicted octanol–water partition coefficient (Wildman–Crippen LogP) is 2.21. The maximum absolute atomic E-state index is 12.4. The largest absolute Gasteiger partial charge is 0.341 e. The summed E-state index contributed by atoms with van der Waals surface area (Å²) in [6.07, 6.45) is 4.05. The summed E-state index contributed by atoms with van der Waals surface area (Å²) in [4.78, 5) is 14.3. The molecule has 0 aliphatic carbocycles. The number of hydrogen-bond acceptors (Lipinski definition) is 2. The molecule has 0 saturated carbocycles. The predicted molar refractivity (Wildman–Crippen MR) is 77.7 cm³/mol. The average molecular weight is 260 g/mol. The second-order valence-corrected chi connectivity index (χ2v) is 5.66. The quantitative estimate of drug-likeness (QED) is 0.905. The third kappa shape index (κ3) is 4.06. The Hall–Kier alpha value is -1.35. The summed E-state index contributed by atoms with van der Waals surface area (Å²) in [7, 11) is 0. The van der Waals surface area contributed by atoms with E-state index < -0.39 is 6.04 Å². The Morgan fingerprint density at radius 2 is 2.05 bits per heavy atom. The van der Waals surface area contributed by atoms with Gasteiger partial charge in [-0.1, -0.05) is 37.3 Å². The molecule has 1 aromatic carbocycles. The Labute approximate surface area is 115 Å². The lowest BCUT2D eigenvalue weighted by molar-refractivity contribution is -0.132. The van der Waals surface area contributed by atoms with Gasteiger partial charge in [0.05, 0.1) is 6.04 Å². The van der Waals surface area contributed by atoms with Gasteiger partial charge >= 0.3 is 0 Å². The van der Waals surface area contributed by atoms with E-state index in [-0.39, 0.29) is 5.91 Å². The third-order valence-electron chi connectivity index (χ3n) is 3.94. The van der Waals surface area contributed by atoms with E-state index in [1.165, 1.54) is 6.42 Å². The van der Waals surface area contributed by atoms with Crippen LogP contribution in [-0.2, 0) is 11.2 Å². The summed E-state index contributed by atoms with van der Waals surface area (Å²) < 4.78 is 0. The molecule has 2 atom stereocenters. The second-order valence-electron chi connectivity index (χ2n) is 5.66. The van der Waals surface area contributed by atoms with E-state index in [1.807, 2.05) is 35.2 Å². The van der Waals surface area contributed by atoms with E-state index in [4.69, 9.17) is 5.73 Å². The fourth-order valence-electron chi connectivity index (χ4n) is 2.67. The molecule has 104 valence electrons. The lowest BCUT2D eigenvalue weighted by Gasteiger charge is -2.24. The molecule has 1 saturated heterocycles. The van der Waals surface area contributed by atoms with Gasteiger partial charge in [0, 0.05) is 13.1 Å². The number of nitrogens with two attached hydrogens (primary N) is 1. The summed E-state index contributed by atoms with van der Waals surface area (Å²) in [6, 6.07) is 9.60. The van der Waals surface area contributed by atoms with Crippen LogP contribution in [0, 0.1) is 5.92 Å². The highest BCUT2D eigenvalue weighted by Gasteiger charge is 2.23. The number of rotatable bonds is 3. The highest BCUT2D eigenvalue weighted by Crippen LogP contribution is 2.17. The summed E-state index contributed by atoms with van der Waals surface area (Å²) in [5.74, 6) is 0.834. The van der Waals surface area contributed by atoms with Crippen molar-refractivity contribution in [3.05, 3.63) is 35.9 Å². The highest BCUT2D eigenvalue weighted by molar-refractivity contribution is 5.82. The van der Waals surface area contributed by atoms with E-state index in [0.717, 1.165) is 37.4 Å². The molecule has 0 spiro atoms. The minimum atomic E-state index is -0.407. The highest BCUT2D eigenvalue weighted by atomic mass is 16.2. The molecule has 1 aliphatic heterocycles. The summed E-state index contributed by atoms with van der Waals surface area (Å²) in [5, 5.41) is 0. The van der Waals surface area contributed by atoms with E-state index in [2.05, 4.69) is 6.92 Å². The van der Waals surface area contributed by atoms with E-state index in [1.54, 1.807) is 0 Å². The molecule has 2 unspecified atom stereocenters. The normalized spacial score (nSPS) is 21.8. The van der Waals surface area contributed by atoms with E-state index >= 15 is 0 Å². The summed E-state index contributed by atoms with van der Waals surface area (Å²) in [6.45, 7) is 3.99. The van der Waals surface area contributed by atoms with E-state index in [9.17, 15) is 4.79 Å².